The summed E-state index contributed by atoms with van der Waals surface area (Å²) < 4.78 is 13.5. The van der Waals surface area contributed by atoms with Gasteiger partial charge in [-0.25, -0.2) is 4.39 Å². The molecular weight excluding hydrogens is 261 g/mol. The van der Waals surface area contributed by atoms with Crippen molar-refractivity contribution in [1.29, 1.82) is 0 Å². The highest BCUT2D eigenvalue weighted by molar-refractivity contribution is 6.33. The van der Waals surface area contributed by atoms with Crippen LogP contribution in [0.3, 0.4) is 0 Å². The van der Waals surface area contributed by atoms with Gasteiger partial charge in [0.05, 0.1) is 17.3 Å². The average Bonchev–Trinajstić information content (AvgIpc) is 2.34. The minimum absolute atomic E-state index is 0.0529. The van der Waals surface area contributed by atoms with Crippen LogP contribution in [0.5, 0.6) is 0 Å². The SMILES string of the molecule is O=C1CNC(C(=O)Nc2c(F)cccc2Cl)CN1. The van der Waals surface area contributed by atoms with Crippen molar-refractivity contribution in [2.75, 3.05) is 18.4 Å². The lowest BCUT2D eigenvalue weighted by atomic mass is 10.2. The molecule has 1 aromatic rings. The summed E-state index contributed by atoms with van der Waals surface area (Å²) in [5, 5.41) is 7.81. The van der Waals surface area contributed by atoms with Crippen LogP contribution in [0, 0.1) is 5.82 Å². The van der Waals surface area contributed by atoms with Gasteiger partial charge in [0.1, 0.15) is 11.9 Å². The fourth-order valence-corrected chi connectivity index (χ4v) is 1.79. The zero-order chi connectivity index (χ0) is 13.1. The molecule has 0 aromatic heterocycles. The Kier molecular flexibility index (Phi) is 3.78. The van der Waals surface area contributed by atoms with Crippen molar-refractivity contribution in [3.05, 3.63) is 29.0 Å². The number of halogens is 2. The minimum Gasteiger partial charge on any atom is -0.353 e. The van der Waals surface area contributed by atoms with Crippen LogP contribution < -0.4 is 16.0 Å². The van der Waals surface area contributed by atoms with Gasteiger partial charge in [0, 0.05) is 6.54 Å². The Labute approximate surface area is 108 Å². The van der Waals surface area contributed by atoms with E-state index in [9.17, 15) is 14.0 Å². The topological polar surface area (TPSA) is 70.2 Å². The molecule has 7 heteroatoms. The number of para-hydroxylation sites is 1. The van der Waals surface area contributed by atoms with Crippen LogP contribution in [-0.4, -0.2) is 30.9 Å². The Morgan fingerprint density at radius 1 is 1.50 bits per heavy atom. The highest BCUT2D eigenvalue weighted by Crippen LogP contribution is 2.24. The molecule has 1 saturated heterocycles. The summed E-state index contributed by atoms with van der Waals surface area (Å²) in [7, 11) is 0. The second-order valence-electron chi connectivity index (χ2n) is 3.82. The second-order valence-corrected chi connectivity index (χ2v) is 4.23. The molecule has 1 atom stereocenters. The number of nitrogens with one attached hydrogen (secondary N) is 3. The number of piperazine rings is 1. The van der Waals surface area contributed by atoms with Crippen LogP contribution in [0.2, 0.25) is 5.02 Å². The maximum Gasteiger partial charge on any atom is 0.243 e. The molecule has 1 aliphatic heterocycles. The molecular formula is C11H11ClFN3O2. The van der Waals surface area contributed by atoms with Gasteiger partial charge in [-0.1, -0.05) is 17.7 Å². The molecule has 1 aliphatic rings. The van der Waals surface area contributed by atoms with Gasteiger partial charge in [0.25, 0.3) is 0 Å². The lowest BCUT2D eigenvalue weighted by molar-refractivity contribution is -0.124. The number of rotatable bonds is 2. The Balaban J connectivity index is 2.05. The van der Waals surface area contributed by atoms with E-state index in [2.05, 4.69) is 16.0 Å². The van der Waals surface area contributed by atoms with Gasteiger partial charge in [0.2, 0.25) is 11.8 Å². The molecule has 1 unspecified atom stereocenters. The molecule has 2 amide bonds. The maximum atomic E-state index is 13.5. The normalized spacial score (nSPS) is 19.2. The Bertz CT molecular complexity index is 465. The smallest absolute Gasteiger partial charge is 0.243 e. The summed E-state index contributed by atoms with van der Waals surface area (Å²) in [6.07, 6.45) is 0. The van der Waals surface area contributed by atoms with Crippen LogP contribution in [-0.2, 0) is 9.59 Å². The molecule has 1 fully saturated rings. The fourth-order valence-electron chi connectivity index (χ4n) is 1.58. The molecule has 1 heterocycles. The van der Waals surface area contributed by atoms with E-state index in [1.807, 2.05) is 0 Å². The van der Waals surface area contributed by atoms with E-state index in [0.29, 0.717) is 0 Å². The lowest BCUT2D eigenvalue weighted by Crippen LogP contribution is -2.56. The van der Waals surface area contributed by atoms with Gasteiger partial charge in [-0.2, -0.15) is 0 Å². The highest BCUT2D eigenvalue weighted by atomic mass is 35.5. The van der Waals surface area contributed by atoms with Crippen molar-refractivity contribution in [1.82, 2.24) is 10.6 Å². The molecule has 18 heavy (non-hydrogen) atoms. The second kappa shape index (κ2) is 5.32. The summed E-state index contributed by atoms with van der Waals surface area (Å²) in [5.41, 5.74) is -0.0529. The molecule has 0 aliphatic carbocycles. The van der Waals surface area contributed by atoms with Gasteiger partial charge in [-0.05, 0) is 12.1 Å². The zero-order valence-electron chi connectivity index (χ0n) is 9.30. The van der Waals surface area contributed by atoms with Crippen LogP contribution in [0.1, 0.15) is 0 Å². The van der Waals surface area contributed by atoms with E-state index in [1.165, 1.54) is 18.2 Å². The predicted molar refractivity (Wildman–Crippen MR) is 64.8 cm³/mol. The number of benzene rings is 1. The van der Waals surface area contributed by atoms with Crippen LogP contribution in [0.25, 0.3) is 0 Å². The molecule has 3 N–H and O–H groups in total. The number of anilines is 1. The number of hydrogen-bond donors (Lipinski definition) is 3. The standard InChI is InChI=1S/C11H11ClFN3O2/c12-6-2-1-3-7(13)10(6)16-11(18)8-4-15-9(17)5-14-8/h1-3,8,14H,4-5H2,(H,15,17)(H,16,18). The summed E-state index contributed by atoms with van der Waals surface area (Å²) in [6.45, 7) is 0.222. The number of carbonyl (C=O) groups is 2. The van der Waals surface area contributed by atoms with Crippen LogP contribution >= 0.6 is 11.6 Å². The predicted octanol–water partition coefficient (Wildman–Crippen LogP) is 0.506. The summed E-state index contributed by atoms with van der Waals surface area (Å²) >= 11 is 5.79. The molecule has 0 bridgehead atoms. The van der Waals surface area contributed by atoms with Gasteiger partial charge >= 0.3 is 0 Å². The minimum atomic E-state index is -0.601. The molecule has 0 spiro atoms. The van der Waals surface area contributed by atoms with Gasteiger partial charge in [-0.3, -0.25) is 14.9 Å². The first-order valence-corrected chi connectivity index (χ1v) is 5.70. The Morgan fingerprint density at radius 2 is 2.28 bits per heavy atom. The van der Waals surface area contributed by atoms with Gasteiger partial charge < -0.3 is 10.6 Å². The van der Waals surface area contributed by atoms with Crippen molar-refractivity contribution in [3.8, 4) is 0 Å². The van der Waals surface area contributed by atoms with E-state index < -0.39 is 17.8 Å². The monoisotopic (exact) mass is 271 g/mol. The summed E-state index contributed by atoms with van der Waals surface area (Å²) in [5.74, 6) is -1.22. The van der Waals surface area contributed by atoms with E-state index in [-0.39, 0.29) is 29.7 Å². The average molecular weight is 272 g/mol. The molecule has 0 saturated carbocycles. The fraction of sp³-hybridized carbons (Fsp3) is 0.273. The Hall–Kier alpha value is -1.66. The third-order valence-electron chi connectivity index (χ3n) is 2.54. The van der Waals surface area contributed by atoms with Crippen molar-refractivity contribution in [2.45, 2.75) is 6.04 Å². The summed E-state index contributed by atoms with van der Waals surface area (Å²) in [4.78, 5) is 22.7. The first-order valence-electron chi connectivity index (χ1n) is 5.33. The number of hydrogen-bond acceptors (Lipinski definition) is 3. The number of amides is 2. The van der Waals surface area contributed by atoms with Gasteiger partial charge in [-0.15, -0.1) is 0 Å². The maximum absolute atomic E-state index is 13.5. The molecule has 2 rings (SSSR count). The highest BCUT2D eigenvalue weighted by Gasteiger charge is 2.24. The van der Waals surface area contributed by atoms with Crippen molar-refractivity contribution < 1.29 is 14.0 Å². The molecule has 5 nitrogen and oxygen atoms in total. The third kappa shape index (κ3) is 2.77. The summed E-state index contributed by atoms with van der Waals surface area (Å²) in [6, 6.07) is 3.54. The van der Waals surface area contributed by atoms with Crippen LogP contribution in [0.15, 0.2) is 18.2 Å². The van der Waals surface area contributed by atoms with E-state index in [0.717, 1.165) is 0 Å². The van der Waals surface area contributed by atoms with Crippen molar-refractivity contribution >= 4 is 29.1 Å². The third-order valence-corrected chi connectivity index (χ3v) is 2.85. The largest absolute Gasteiger partial charge is 0.353 e. The zero-order valence-corrected chi connectivity index (χ0v) is 10.1. The van der Waals surface area contributed by atoms with Crippen molar-refractivity contribution in [2.24, 2.45) is 0 Å². The first-order chi connectivity index (χ1) is 8.58. The lowest BCUT2D eigenvalue weighted by Gasteiger charge is -2.23. The molecule has 96 valence electrons. The van der Waals surface area contributed by atoms with E-state index >= 15 is 0 Å². The molecule has 0 radical (unpaired) electrons. The van der Waals surface area contributed by atoms with Crippen molar-refractivity contribution in [3.63, 3.8) is 0 Å². The van der Waals surface area contributed by atoms with E-state index in [4.69, 9.17) is 11.6 Å². The Morgan fingerprint density at radius 3 is 2.89 bits per heavy atom. The first kappa shape index (κ1) is 12.8. The quantitative estimate of drug-likeness (QED) is 0.734. The molecule has 1 aromatic carbocycles. The van der Waals surface area contributed by atoms with Gasteiger partial charge in [0.15, 0.2) is 0 Å². The van der Waals surface area contributed by atoms with E-state index in [1.54, 1.807) is 0 Å². The van der Waals surface area contributed by atoms with Crippen LogP contribution in [0.4, 0.5) is 10.1 Å². The number of carbonyl (C=O) groups excluding carboxylic acids is 2.